The summed E-state index contributed by atoms with van der Waals surface area (Å²) >= 11 is 0. The van der Waals surface area contributed by atoms with Gasteiger partial charge >= 0.3 is 0 Å². The maximum absolute atomic E-state index is 12.9. The van der Waals surface area contributed by atoms with Crippen molar-refractivity contribution in [2.24, 2.45) is 0 Å². The fourth-order valence-electron chi connectivity index (χ4n) is 2.98. The SMILES string of the molecule is CCC1CN(C(=O)c2cc3cnn(C(C)C)c3nc2C)CCO1. The first-order valence-corrected chi connectivity index (χ1v) is 8.27. The third kappa shape index (κ3) is 2.95. The van der Waals surface area contributed by atoms with Crippen molar-refractivity contribution in [3.05, 3.63) is 23.5 Å². The summed E-state index contributed by atoms with van der Waals surface area (Å²) in [6.07, 6.45) is 2.84. The number of hydrogen-bond donors (Lipinski definition) is 0. The molecule has 0 N–H and O–H groups in total. The lowest BCUT2D eigenvalue weighted by atomic mass is 10.1. The Morgan fingerprint density at radius 1 is 1.48 bits per heavy atom. The molecule has 1 aliphatic heterocycles. The Morgan fingerprint density at radius 2 is 2.26 bits per heavy atom. The van der Waals surface area contributed by atoms with Gasteiger partial charge in [0.25, 0.3) is 5.91 Å². The van der Waals surface area contributed by atoms with E-state index < -0.39 is 0 Å². The van der Waals surface area contributed by atoms with Crippen molar-refractivity contribution in [3.8, 4) is 0 Å². The molecule has 1 unspecified atom stereocenters. The van der Waals surface area contributed by atoms with Crippen LogP contribution in [0.25, 0.3) is 11.0 Å². The van der Waals surface area contributed by atoms with Crippen LogP contribution in [0.15, 0.2) is 12.3 Å². The number of hydrogen-bond acceptors (Lipinski definition) is 4. The molecule has 1 fully saturated rings. The van der Waals surface area contributed by atoms with Crippen molar-refractivity contribution in [1.82, 2.24) is 19.7 Å². The predicted octanol–water partition coefficient (Wildman–Crippen LogP) is 2.57. The number of amides is 1. The van der Waals surface area contributed by atoms with Crippen LogP contribution in [0, 0.1) is 6.92 Å². The lowest BCUT2D eigenvalue weighted by Crippen LogP contribution is -2.45. The van der Waals surface area contributed by atoms with Gasteiger partial charge in [-0.1, -0.05) is 6.92 Å². The molecule has 1 atom stereocenters. The van der Waals surface area contributed by atoms with Crippen LogP contribution in [0.1, 0.15) is 49.3 Å². The van der Waals surface area contributed by atoms with Crippen LogP contribution in [0.5, 0.6) is 0 Å². The largest absolute Gasteiger partial charge is 0.375 e. The smallest absolute Gasteiger partial charge is 0.255 e. The molecule has 3 heterocycles. The molecule has 3 rings (SSSR count). The molecule has 6 heteroatoms. The minimum absolute atomic E-state index is 0.0379. The number of pyridine rings is 1. The van der Waals surface area contributed by atoms with Crippen molar-refractivity contribution in [1.29, 1.82) is 0 Å². The van der Waals surface area contributed by atoms with Crippen LogP contribution < -0.4 is 0 Å². The highest BCUT2D eigenvalue weighted by atomic mass is 16.5. The van der Waals surface area contributed by atoms with Gasteiger partial charge in [-0.15, -0.1) is 0 Å². The molecule has 1 amide bonds. The lowest BCUT2D eigenvalue weighted by Gasteiger charge is -2.32. The van der Waals surface area contributed by atoms with E-state index in [4.69, 9.17) is 4.74 Å². The number of nitrogens with zero attached hydrogens (tertiary/aromatic N) is 4. The van der Waals surface area contributed by atoms with Gasteiger partial charge in [0.1, 0.15) is 0 Å². The maximum Gasteiger partial charge on any atom is 0.255 e. The number of ether oxygens (including phenoxy) is 1. The first-order chi connectivity index (χ1) is 11.0. The second kappa shape index (κ2) is 6.28. The predicted molar refractivity (Wildman–Crippen MR) is 88.6 cm³/mol. The first-order valence-electron chi connectivity index (χ1n) is 8.27. The standard InChI is InChI=1S/C17H24N4O2/c1-5-14-10-20(6-7-23-14)17(22)15-8-13-9-18-21(11(2)3)16(13)19-12(15)4/h8-9,11,14H,5-7,10H2,1-4H3. The van der Waals surface area contributed by atoms with Gasteiger partial charge in [0.05, 0.1) is 30.2 Å². The van der Waals surface area contributed by atoms with E-state index in [-0.39, 0.29) is 18.1 Å². The Bertz CT molecular complexity index is 723. The summed E-state index contributed by atoms with van der Waals surface area (Å²) in [6, 6.07) is 2.16. The van der Waals surface area contributed by atoms with Gasteiger partial charge in [0.2, 0.25) is 0 Å². The van der Waals surface area contributed by atoms with Crippen LogP contribution in [-0.2, 0) is 4.74 Å². The van der Waals surface area contributed by atoms with E-state index in [0.717, 1.165) is 23.1 Å². The molecule has 0 aromatic carbocycles. The Balaban J connectivity index is 1.93. The van der Waals surface area contributed by atoms with E-state index in [0.29, 0.717) is 25.3 Å². The van der Waals surface area contributed by atoms with Crippen LogP contribution in [-0.4, -0.2) is 51.4 Å². The molecule has 0 aliphatic carbocycles. The number of fused-ring (bicyclic) bond motifs is 1. The van der Waals surface area contributed by atoms with Gasteiger partial charge in [-0.25, -0.2) is 9.67 Å². The third-order valence-electron chi connectivity index (χ3n) is 4.36. The van der Waals surface area contributed by atoms with Crippen LogP contribution >= 0.6 is 0 Å². The Hall–Kier alpha value is -1.95. The molecule has 124 valence electrons. The molecular weight excluding hydrogens is 292 g/mol. The molecule has 1 aliphatic rings. The minimum Gasteiger partial charge on any atom is -0.375 e. The number of aryl methyl sites for hydroxylation is 1. The zero-order valence-electron chi connectivity index (χ0n) is 14.2. The van der Waals surface area contributed by atoms with Gasteiger partial charge in [0, 0.05) is 24.5 Å². The quantitative estimate of drug-likeness (QED) is 0.873. The highest BCUT2D eigenvalue weighted by molar-refractivity contribution is 5.98. The Morgan fingerprint density at radius 3 is 2.96 bits per heavy atom. The van der Waals surface area contributed by atoms with Crippen LogP contribution in [0.2, 0.25) is 0 Å². The fraction of sp³-hybridized carbons (Fsp3) is 0.588. The second-order valence-electron chi connectivity index (χ2n) is 6.37. The number of morpholine rings is 1. The van der Waals surface area contributed by atoms with Gasteiger partial charge in [0.15, 0.2) is 5.65 Å². The average molecular weight is 316 g/mol. The fourth-order valence-corrected chi connectivity index (χ4v) is 2.98. The molecule has 2 aromatic heterocycles. The normalized spacial score (nSPS) is 18.8. The van der Waals surface area contributed by atoms with Gasteiger partial charge in [-0.2, -0.15) is 5.10 Å². The third-order valence-corrected chi connectivity index (χ3v) is 4.36. The molecule has 6 nitrogen and oxygen atoms in total. The van der Waals surface area contributed by atoms with E-state index in [2.05, 4.69) is 30.9 Å². The molecule has 0 radical (unpaired) electrons. The monoisotopic (exact) mass is 316 g/mol. The average Bonchev–Trinajstić information content (AvgIpc) is 2.96. The van der Waals surface area contributed by atoms with E-state index in [1.165, 1.54) is 0 Å². The second-order valence-corrected chi connectivity index (χ2v) is 6.37. The summed E-state index contributed by atoms with van der Waals surface area (Å²) in [5.41, 5.74) is 2.25. The number of aromatic nitrogens is 3. The van der Waals surface area contributed by atoms with Crippen LogP contribution in [0.3, 0.4) is 0 Å². The van der Waals surface area contributed by atoms with E-state index in [9.17, 15) is 4.79 Å². The molecule has 1 saturated heterocycles. The topological polar surface area (TPSA) is 60.2 Å². The zero-order chi connectivity index (χ0) is 16.6. The van der Waals surface area contributed by atoms with E-state index in [1.54, 1.807) is 6.20 Å². The minimum atomic E-state index is 0.0379. The number of carbonyl (C=O) groups is 1. The van der Waals surface area contributed by atoms with Crippen LogP contribution in [0.4, 0.5) is 0 Å². The summed E-state index contributed by atoms with van der Waals surface area (Å²) < 4.78 is 7.54. The van der Waals surface area contributed by atoms with E-state index in [1.807, 2.05) is 22.6 Å². The summed E-state index contributed by atoms with van der Waals surface area (Å²) in [7, 11) is 0. The molecule has 0 spiro atoms. The number of rotatable bonds is 3. The van der Waals surface area contributed by atoms with Crippen molar-refractivity contribution in [2.45, 2.75) is 46.3 Å². The Labute approximate surface area is 136 Å². The van der Waals surface area contributed by atoms with Gasteiger partial charge in [-0.3, -0.25) is 4.79 Å². The van der Waals surface area contributed by atoms with Crippen molar-refractivity contribution >= 4 is 16.9 Å². The van der Waals surface area contributed by atoms with Crippen molar-refractivity contribution < 1.29 is 9.53 Å². The molecule has 0 saturated carbocycles. The summed E-state index contributed by atoms with van der Waals surface area (Å²) in [5.74, 6) is 0.0379. The van der Waals surface area contributed by atoms with Crippen molar-refractivity contribution in [3.63, 3.8) is 0 Å². The molecule has 0 bridgehead atoms. The van der Waals surface area contributed by atoms with Crippen molar-refractivity contribution in [2.75, 3.05) is 19.7 Å². The van der Waals surface area contributed by atoms with Gasteiger partial charge < -0.3 is 9.64 Å². The maximum atomic E-state index is 12.9. The molecular formula is C17H24N4O2. The highest BCUT2D eigenvalue weighted by Crippen LogP contribution is 2.21. The lowest BCUT2D eigenvalue weighted by molar-refractivity contribution is -0.0226. The molecule has 2 aromatic rings. The summed E-state index contributed by atoms with van der Waals surface area (Å²) in [4.78, 5) is 19.4. The number of carbonyl (C=O) groups excluding carboxylic acids is 1. The zero-order valence-corrected chi connectivity index (χ0v) is 14.2. The summed E-state index contributed by atoms with van der Waals surface area (Å²) in [5, 5.41) is 5.29. The summed E-state index contributed by atoms with van der Waals surface area (Å²) in [6.45, 7) is 10.0. The van der Waals surface area contributed by atoms with Gasteiger partial charge in [-0.05, 0) is 33.3 Å². The van der Waals surface area contributed by atoms with E-state index >= 15 is 0 Å². The highest BCUT2D eigenvalue weighted by Gasteiger charge is 2.26. The Kier molecular flexibility index (Phi) is 4.35. The molecule has 23 heavy (non-hydrogen) atoms. The first kappa shape index (κ1) is 15.9.